The second-order valence-corrected chi connectivity index (χ2v) is 10.6. The topological polar surface area (TPSA) is 93.1 Å². The molecule has 0 amide bonds. The summed E-state index contributed by atoms with van der Waals surface area (Å²) in [6.45, 7) is 4.59. The Morgan fingerprint density at radius 1 is 0.927 bits per heavy atom. The molecule has 6 rings (SSSR count). The Bertz CT molecular complexity index is 1800. The van der Waals surface area contributed by atoms with Gasteiger partial charge >= 0.3 is 5.97 Å². The predicted molar refractivity (Wildman–Crippen MR) is 154 cm³/mol. The lowest BCUT2D eigenvalue weighted by atomic mass is 9.84. The molecule has 8 heteroatoms. The summed E-state index contributed by atoms with van der Waals surface area (Å²) < 4.78 is 24.2. The molecule has 1 aromatic heterocycles. The number of benzene rings is 3. The molecule has 2 aliphatic rings. The molecule has 208 valence electrons. The van der Waals surface area contributed by atoms with Gasteiger partial charge in [-0.25, -0.2) is 0 Å². The van der Waals surface area contributed by atoms with Crippen LogP contribution in [0.1, 0.15) is 53.2 Å². The fraction of sp³-hybridized carbons (Fsp3) is 0.242. The Kier molecular flexibility index (Phi) is 6.61. The maximum Gasteiger partial charge on any atom is 0.312 e. The number of fused-ring (bicyclic) bond motifs is 4. The van der Waals surface area contributed by atoms with Crippen LogP contribution in [0.4, 0.5) is 0 Å². The molecule has 1 atom stereocenters. The Morgan fingerprint density at radius 3 is 2.37 bits per heavy atom. The summed E-state index contributed by atoms with van der Waals surface area (Å²) in [5.74, 6) is 0.886. The van der Waals surface area contributed by atoms with E-state index in [2.05, 4.69) is 0 Å². The monoisotopic (exact) mass is 551 g/mol. The van der Waals surface area contributed by atoms with Crippen LogP contribution >= 0.6 is 0 Å². The number of rotatable bonds is 6. The molecule has 3 heterocycles. The van der Waals surface area contributed by atoms with Gasteiger partial charge in [-0.15, -0.1) is 0 Å². The molecule has 0 radical (unpaired) electrons. The van der Waals surface area contributed by atoms with Gasteiger partial charge in [-0.3, -0.25) is 14.4 Å². The lowest BCUT2D eigenvalue weighted by molar-refractivity contribution is -0.135. The van der Waals surface area contributed by atoms with Crippen molar-refractivity contribution in [2.45, 2.75) is 32.7 Å². The fourth-order valence-electron chi connectivity index (χ4n) is 5.53. The number of carbonyl (C=O) groups is 2. The first-order chi connectivity index (χ1) is 19.8. The second-order valence-electron chi connectivity index (χ2n) is 10.6. The zero-order valence-corrected chi connectivity index (χ0v) is 23.2. The molecule has 0 saturated carbocycles. The molecule has 3 aromatic carbocycles. The van der Waals surface area contributed by atoms with Crippen LogP contribution in [0.15, 0.2) is 71.2 Å². The first kappa shape index (κ1) is 26.4. The maximum absolute atomic E-state index is 14.1. The van der Waals surface area contributed by atoms with Crippen LogP contribution in [-0.4, -0.2) is 30.5 Å². The lowest BCUT2D eigenvalue weighted by Gasteiger charge is -2.27. The van der Waals surface area contributed by atoms with Gasteiger partial charge in [0.2, 0.25) is 5.78 Å². The quantitative estimate of drug-likeness (QED) is 0.172. The minimum atomic E-state index is -0.671. The number of aromatic nitrogens is 1. The summed E-state index contributed by atoms with van der Waals surface area (Å²) in [4.78, 5) is 40.3. The number of ketones is 1. The number of methoxy groups -OCH3 is 2. The van der Waals surface area contributed by atoms with Crippen molar-refractivity contribution >= 4 is 28.7 Å². The van der Waals surface area contributed by atoms with Crippen molar-refractivity contribution in [3.05, 3.63) is 99.0 Å². The number of nitrogens with zero attached hydrogens (tertiary/aromatic N) is 1. The standard InChI is InChI=1S/C33H29NO7/c1-18(2)17-34-26-11-9-22(39-4)14-20(26)15-25(33(34)37)24-16-29(35)40-27-12-10-23-31(36)28(41-32(23)30(24)27)13-19-5-7-21(38-3)8-6-19/h5-15,18,24H,16-17H2,1-4H3/b28-13-/t24-/m1/s1. The number of hydrogen-bond acceptors (Lipinski definition) is 7. The van der Waals surface area contributed by atoms with E-state index in [9.17, 15) is 14.4 Å². The van der Waals surface area contributed by atoms with Crippen molar-refractivity contribution < 1.29 is 28.5 Å². The highest BCUT2D eigenvalue weighted by atomic mass is 16.5. The van der Waals surface area contributed by atoms with Gasteiger partial charge in [0.05, 0.1) is 31.7 Å². The van der Waals surface area contributed by atoms with Gasteiger partial charge in [-0.1, -0.05) is 26.0 Å². The molecule has 0 fully saturated rings. The van der Waals surface area contributed by atoms with Crippen LogP contribution in [0, 0.1) is 5.92 Å². The summed E-state index contributed by atoms with van der Waals surface area (Å²) in [6.07, 6.45) is 1.60. The molecule has 41 heavy (non-hydrogen) atoms. The van der Waals surface area contributed by atoms with Gasteiger partial charge in [0.1, 0.15) is 23.0 Å². The van der Waals surface area contributed by atoms with Crippen LogP contribution in [0.5, 0.6) is 23.0 Å². The first-order valence-electron chi connectivity index (χ1n) is 13.4. The highest BCUT2D eigenvalue weighted by molar-refractivity contribution is 6.15. The van der Waals surface area contributed by atoms with Gasteiger partial charge in [-0.2, -0.15) is 0 Å². The predicted octanol–water partition coefficient (Wildman–Crippen LogP) is 5.73. The Balaban J connectivity index is 1.51. The Morgan fingerprint density at radius 2 is 1.66 bits per heavy atom. The van der Waals surface area contributed by atoms with Crippen LogP contribution in [0.2, 0.25) is 0 Å². The summed E-state index contributed by atoms with van der Waals surface area (Å²) in [6, 6.07) is 17.8. The fourth-order valence-corrected chi connectivity index (χ4v) is 5.53. The highest BCUT2D eigenvalue weighted by Gasteiger charge is 2.39. The van der Waals surface area contributed by atoms with Crippen molar-refractivity contribution in [3.63, 3.8) is 0 Å². The molecular weight excluding hydrogens is 522 g/mol. The minimum absolute atomic E-state index is 0.0646. The van der Waals surface area contributed by atoms with E-state index in [4.69, 9.17) is 18.9 Å². The molecule has 0 unspecified atom stereocenters. The largest absolute Gasteiger partial charge is 0.497 e. The van der Waals surface area contributed by atoms with E-state index < -0.39 is 11.9 Å². The molecular formula is C33H29NO7. The van der Waals surface area contributed by atoms with Crippen LogP contribution < -0.4 is 24.5 Å². The minimum Gasteiger partial charge on any atom is -0.497 e. The molecule has 4 aromatic rings. The van der Waals surface area contributed by atoms with E-state index in [1.807, 2.05) is 50.2 Å². The SMILES string of the molecule is COc1ccc(/C=C2\Oc3c(ccc4c3[C@@H](c3cc5cc(OC)ccc5n(CC(C)C)c3=O)CC(=O)O4)C2=O)cc1. The molecule has 0 N–H and O–H groups in total. The van der Waals surface area contributed by atoms with Gasteiger partial charge in [0, 0.05) is 29.0 Å². The third-order valence-electron chi connectivity index (χ3n) is 7.44. The van der Waals surface area contributed by atoms with Crippen molar-refractivity contribution in [1.29, 1.82) is 0 Å². The molecule has 0 saturated heterocycles. The average molecular weight is 552 g/mol. The highest BCUT2D eigenvalue weighted by Crippen LogP contribution is 2.48. The van der Waals surface area contributed by atoms with Crippen LogP contribution in [-0.2, 0) is 11.3 Å². The van der Waals surface area contributed by atoms with Gasteiger partial charge in [0.15, 0.2) is 5.76 Å². The average Bonchev–Trinajstić information content (AvgIpc) is 3.28. The van der Waals surface area contributed by atoms with Crippen LogP contribution in [0.25, 0.3) is 17.0 Å². The summed E-state index contributed by atoms with van der Waals surface area (Å²) >= 11 is 0. The van der Waals surface area contributed by atoms with E-state index in [0.29, 0.717) is 40.5 Å². The molecule has 2 aliphatic heterocycles. The number of ether oxygens (including phenoxy) is 4. The van der Waals surface area contributed by atoms with Crippen molar-refractivity contribution in [2.75, 3.05) is 14.2 Å². The third kappa shape index (κ3) is 4.65. The van der Waals surface area contributed by atoms with Gasteiger partial charge in [-0.05, 0) is 66.1 Å². The molecule has 8 nitrogen and oxygen atoms in total. The van der Waals surface area contributed by atoms with Gasteiger partial charge < -0.3 is 23.5 Å². The zero-order valence-electron chi connectivity index (χ0n) is 23.2. The Hall–Kier alpha value is -4.85. The van der Waals surface area contributed by atoms with Crippen molar-refractivity contribution in [2.24, 2.45) is 5.92 Å². The number of carbonyl (C=O) groups excluding carboxylic acids is 2. The molecule has 0 spiro atoms. The summed E-state index contributed by atoms with van der Waals surface area (Å²) in [7, 11) is 3.18. The number of esters is 1. The Labute approximate surface area is 236 Å². The summed E-state index contributed by atoms with van der Waals surface area (Å²) in [5, 5.41) is 0.810. The van der Waals surface area contributed by atoms with Crippen molar-refractivity contribution in [3.8, 4) is 23.0 Å². The lowest BCUT2D eigenvalue weighted by Crippen LogP contribution is -2.31. The van der Waals surface area contributed by atoms with Crippen LogP contribution in [0.3, 0.4) is 0 Å². The smallest absolute Gasteiger partial charge is 0.312 e. The van der Waals surface area contributed by atoms with Crippen molar-refractivity contribution in [1.82, 2.24) is 4.57 Å². The maximum atomic E-state index is 14.1. The second kappa shape index (κ2) is 10.3. The normalized spacial score (nSPS) is 16.9. The summed E-state index contributed by atoms with van der Waals surface area (Å²) in [5.41, 5.74) is 2.65. The number of allylic oxidation sites excluding steroid dienone is 1. The number of Topliss-reactive ketones (excluding diaryl/α,β-unsaturated/α-hetero) is 1. The number of hydrogen-bond donors (Lipinski definition) is 0. The van der Waals surface area contributed by atoms with E-state index in [1.165, 1.54) is 0 Å². The molecule has 0 bridgehead atoms. The van der Waals surface area contributed by atoms with E-state index in [1.54, 1.807) is 49.1 Å². The third-order valence-corrected chi connectivity index (χ3v) is 7.44. The zero-order chi connectivity index (χ0) is 28.8. The van der Waals surface area contributed by atoms with Gasteiger partial charge in [0.25, 0.3) is 5.56 Å². The van der Waals surface area contributed by atoms with E-state index >= 15 is 0 Å². The van der Waals surface area contributed by atoms with E-state index in [-0.39, 0.29) is 35.2 Å². The van der Waals surface area contributed by atoms with E-state index in [0.717, 1.165) is 16.5 Å². The number of pyridine rings is 1. The first-order valence-corrected chi connectivity index (χ1v) is 13.4. The molecule has 0 aliphatic carbocycles.